The molecule has 7 nitrogen and oxygen atoms in total. The van der Waals surface area contributed by atoms with Gasteiger partial charge in [0.05, 0.1) is 13.7 Å². The van der Waals surface area contributed by atoms with Crippen molar-refractivity contribution >= 4 is 46.1 Å². The zero-order chi connectivity index (χ0) is 22.8. The molecule has 0 bridgehead atoms. The maximum atomic E-state index is 12.7. The maximum Gasteiger partial charge on any atom is 0.265 e. The molecule has 0 N–H and O–H groups in total. The van der Waals surface area contributed by atoms with Gasteiger partial charge < -0.3 is 14.0 Å². The van der Waals surface area contributed by atoms with Crippen LogP contribution in [0.3, 0.4) is 0 Å². The first kappa shape index (κ1) is 21.6. The monoisotopic (exact) mass is 449 g/mol. The number of thiocarbonyl (C=S) groups is 1. The molecular formula is C24H23N3O4S. The smallest absolute Gasteiger partial charge is 0.265 e. The van der Waals surface area contributed by atoms with Crippen molar-refractivity contribution in [2.24, 2.45) is 0 Å². The predicted octanol–water partition coefficient (Wildman–Crippen LogP) is 3.33. The van der Waals surface area contributed by atoms with Gasteiger partial charge in [0.25, 0.3) is 11.8 Å². The molecule has 1 fully saturated rings. The Bertz CT molecular complexity index is 1200. The van der Waals surface area contributed by atoms with E-state index in [0.29, 0.717) is 13.2 Å². The average Bonchev–Trinajstić information content (AvgIpc) is 3.17. The first-order valence-electron chi connectivity index (χ1n) is 10.1. The molecule has 0 saturated carbocycles. The zero-order valence-electron chi connectivity index (χ0n) is 18.1. The third-order valence-corrected chi connectivity index (χ3v) is 5.97. The lowest BCUT2D eigenvalue weighted by molar-refractivity contribution is -0.132. The summed E-state index contributed by atoms with van der Waals surface area (Å²) in [6, 6.07) is 15.3. The van der Waals surface area contributed by atoms with E-state index in [1.165, 1.54) is 9.80 Å². The fourth-order valence-electron chi connectivity index (χ4n) is 3.64. The first-order chi connectivity index (χ1) is 15.4. The van der Waals surface area contributed by atoms with Crippen molar-refractivity contribution in [2.45, 2.75) is 6.54 Å². The maximum absolute atomic E-state index is 12.7. The second kappa shape index (κ2) is 8.84. The molecule has 2 aromatic carbocycles. The van der Waals surface area contributed by atoms with Crippen molar-refractivity contribution in [1.29, 1.82) is 0 Å². The summed E-state index contributed by atoms with van der Waals surface area (Å²) in [4.78, 5) is 28.0. The topological polar surface area (TPSA) is 64.0 Å². The van der Waals surface area contributed by atoms with Gasteiger partial charge in [-0.1, -0.05) is 18.2 Å². The minimum absolute atomic E-state index is 0.0842. The molecule has 4 rings (SSSR count). The second-order valence-electron chi connectivity index (χ2n) is 7.39. The van der Waals surface area contributed by atoms with Crippen molar-refractivity contribution in [3.63, 3.8) is 0 Å². The molecule has 1 saturated heterocycles. The highest BCUT2D eigenvalue weighted by Gasteiger charge is 2.35. The lowest BCUT2D eigenvalue weighted by Crippen LogP contribution is -2.52. The van der Waals surface area contributed by atoms with E-state index in [1.54, 1.807) is 27.3 Å². The number of fused-ring (bicyclic) bond motifs is 1. The Morgan fingerprint density at radius 2 is 1.56 bits per heavy atom. The number of nitrogens with zero attached hydrogens (tertiary/aromatic N) is 3. The van der Waals surface area contributed by atoms with Crippen molar-refractivity contribution in [1.82, 2.24) is 14.4 Å². The zero-order valence-corrected chi connectivity index (χ0v) is 18.9. The third-order valence-electron chi connectivity index (χ3n) is 5.42. The molecule has 164 valence electrons. The van der Waals surface area contributed by atoms with Crippen LogP contribution < -0.4 is 9.47 Å². The summed E-state index contributed by atoms with van der Waals surface area (Å²) in [5.74, 6) is 0.718. The Morgan fingerprint density at radius 1 is 0.938 bits per heavy atom. The second-order valence-corrected chi connectivity index (χ2v) is 7.75. The Balaban J connectivity index is 1.60. The van der Waals surface area contributed by atoms with Gasteiger partial charge in [0.2, 0.25) is 0 Å². The van der Waals surface area contributed by atoms with Crippen molar-refractivity contribution < 1.29 is 19.1 Å². The standard InChI is InChI=1S/C24H23N3O4S/c1-25-22(28)20(23(29)26(2)24(25)32)14-16-15-27(21-7-5-4-6-19(16)21)12-13-31-18-10-8-17(30-3)9-11-18/h4-11,14-15H,12-13H2,1-3H3. The van der Waals surface area contributed by atoms with Gasteiger partial charge in [0.1, 0.15) is 23.7 Å². The van der Waals surface area contributed by atoms with Gasteiger partial charge in [-0.25, -0.2) is 0 Å². The minimum atomic E-state index is -0.405. The fraction of sp³-hybridized carbons (Fsp3) is 0.208. The van der Waals surface area contributed by atoms with Crippen LogP contribution in [0.15, 0.2) is 60.3 Å². The number of para-hydroxylation sites is 1. The molecule has 32 heavy (non-hydrogen) atoms. The quantitative estimate of drug-likeness (QED) is 0.328. The summed E-state index contributed by atoms with van der Waals surface area (Å²) in [6.45, 7) is 1.06. The summed E-state index contributed by atoms with van der Waals surface area (Å²) in [6.07, 6.45) is 3.57. The van der Waals surface area contributed by atoms with Crippen LogP contribution in [0.2, 0.25) is 0 Å². The van der Waals surface area contributed by atoms with Crippen LogP contribution >= 0.6 is 12.2 Å². The summed E-state index contributed by atoms with van der Waals surface area (Å²) < 4.78 is 13.1. The number of aromatic nitrogens is 1. The van der Waals surface area contributed by atoms with Gasteiger partial charge in [-0.3, -0.25) is 19.4 Å². The number of rotatable bonds is 6. The van der Waals surface area contributed by atoms with Crippen LogP contribution in [-0.4, -0.2) is 59.1 Å². The number of likely N-dealkylation sites (N-methyl/N-ethyl adjacent to an activating group) is 2. The van der Waals surface area contributed by atoms with E-state index in [2.05, 4.69) is 4.57 Å². The molecule has 2 amide bonds. The Morgan fingerprint density at radius 3 is 2.22 bits per heavy atom. The summed E-state index contributed by atoms with van der Waals surface area (Å²) in [5.41, 5.74) is 1.86. The largest absolute Gasteiger partial charge is 0.497 e. The molecule has 1 aliphatic rings. The van der Waals surface area contributed by atoms with Gasteiger partial charge in [0.15, 0.2) is 5.11 Å². The highest BCUT2D eigenvalue weighted by molar-refractivity contribution is 7.80. The summed E-state index contributed by atoms with van der Waals surface area (Å²) in [7, 11) is 4.77. The molecule has 0 radical (unpaired) electrons. The minimum Gasteiger partial charge on any atom is -0.497 e. The average molecular weight is 450 g/mol. The van der Waals surface area contributed by atoms with E-state index in [4.69, 9.17) is 21.7 Å². The highest BCUT2D eigenvalue weighted by Crippen LogP contribution is 2.26. The molecule has 1 aromatic heterocycles. The van der Waals surface area contributed by atoms with E-state index in [0.717, 1.165) is 28.0 Å². The number of carbonyl (C=O) groups is 2. The number of hydrogen-bond acceptors (Lipinski definition) is 5. The van der Waals surface area contributed by atoms with Gasteiger partial charge in [-0.15, -0.1) is 0 Å². The van der Waals surface area contributed by atoms with Gasteiger partial charge >= 0.3 is 0 Å². The number of carbonyl (C=O) groups excluding carboxylic acids is 2. The number of benzene rings is 2. The van der Waals surface area contributed by atoms with Crippen molar-refractivity contribution in [3.05, 3.63) is 65.9 Å². The SMILES string of the molecule is COc1ccc(OCCn2cc(C=C3C(=O)N(C)C(=S)N(C)C3=O)c3ccccc32)cc1. The fourth-order valence-corrected chi connectivity index (χ4v) is 3.81. The van der Waals surface area contributed by atoms with Crippen LogP contribution in [0.5, 0.6) is 11.5 Å². The summed E-state index contributed by atoms with van der Waals surface area (Å²) in [5, 5.41) is 1.14. The Hall–Kier alpha value is -3.65. The van der Waals surface area contributed by atoms with Crippen molar-refractivity contribution in [3.8, 4) is 11.5 Å². The number of amides is 2. The van der Waals surface area contributed by atoms with E-state index >= 15 is 0 Å². The Labute approximate surface area is 191 Å². The molecule has 0 unspecified atom stereocenters. The Kier molecular flexibility index (Phi) is 5.96. The van der Waals surface area contributed by atoms with Crippen LogP contribution in [-0.2, 0) is 16.1 Å². The molecule has 3 aromatic rings. The lowest BCUT2D eigenvalue weighted by Gasteiger charge is -2.31. The van der Waals surface area contributed by atoms with Gasteiger partial charge in [-0.2, -0.15) is 0 Å². The predicted molar refractivity (Wildman–Crippen MR) is 127 cm³/mol. The van der Waals surface area contributed by atoms with E-state index < -0.39 is 11.8 Å². The first-order valence-corrected chi connectivity index (χ1v) is 10.5. The highest BCUT2D eigenvalue weighted by atomic mass is 32.1. The molecule has 8 heteroatoms. The molecule has 0 atom stereocenters. The van der Waals surface area contributed by atoms with Crippen LogP contribution in [0.1, 0.15) is 5.56 Å². The number of methoxy groups -OCH3 is 1. The van der Waals surface area contributed by atoms with E-state index in [9.17, 15) is 9.59 Å². The van der Waals surface area contributed by atoms with Gasteiger partial charge in [0, 0.05) is 36.8 Å². The molecular weight excluding hydrogens is 426 g/mol. The van der Waals surface area contributed by atoms with Gasteiger partial charge in [-0.05, 0) is 48.6 Å². The molecule has 0 aliphatic carbocycles. The van der Waals surface area contributed by atoms with Crippen LogP contribution in [0, 0.1) is 0 Å². The van der Waals surface area contributed by atoms with E-state index in [-0.39, 0.29) is 10.7 Å². The van der Waals surface area contributed by atoms with Crippen LogP contribution in [0.4, 0.5) is 0 Å². The van der Waals surface area contributed by atoms with Crippen LogP contribution in [0.25, 0.3) is 17.0 Å². The number of ether oxygens (including phenoxy) is 2. The number of hydrogen-bond donors (Lipinski definition) is 0. The van der Waals surface area contributed by atoms with Crippen molar-refractivity contribution in [2.75, 3.05) is 27.8 Å². The summed E-state index contributed by atoms with van der Waals surface area (Å²) >= 11 is 5.16. The lowest BCUT2D eigenvalue weighted by atomic mass is 10.1. The third kappa shape index (κ3) is 3.97. The molecule has 2 heterocycles. The van der Waals surface area contributed by atoms with E-state index in [1.807, 2.05) is 54.7 Å². The normalized spacial score (nSPS) is 14.3. The molecule has 0 spiro atoms. The molecule has 1 aliphatic heterocycles.